The number of nitrogens with one attached hydrogen (secondary N) is 1. The highest BCUT2D eigenvalue weighted by Gasteiger charge is 2.34. The highest BCUT2D eigenvalue weighted by atomic mass is 16.5. The molecule has 0 fully saturated rings. The van der Waals surface area contributed by atoms with E-state index in [9.17, 15) is 4.79 Å². The van der Waals surface area contributed by atoms with Crippen LogP contribution in [0.2, 0.25) is 0 Å². The van der Waals surface area contributed by atoms with Gasteiger partial charge in [0.25, 0.3) is 0 Å². The van der Waals surface area contributed by atoms with E-state index in [1.807, 2.05) is 32.0 Å². The second-order valence-corrected chi connectivity index (χ2v) is 7.07. The molecule has 8 heteroatoms. The molecule has 2 aromatic rings. The lowest BCUT2D eigenvalue weighted by Gasteiger charge is -2.28. The number of rotatable bonds is 10. The topological polar surface area (TPSA) is 87.5 Å². The average Bonchev–Trinajstić information content (AvgIpc) is 3.20. The van der Waals surface area contributed by atoms with Gasteiger partial charge in [-0.15, -0.1) is 0 Å². The van der Waals surface area contributed by atoms with Gasteiger partial charge in [-0.3, -0.25) is 0 Å². The molecule has 1 aromatic carbocycles. The van der Waals surface area contributed by atoms with Crippen molar-refractivity contribution >= 4 is 11.9 Å². The fourth-order valence-corrected chi connectivity index (χ4v) is 3.34. The summed E-state index contributed by atoms with van der Waals surface area (Å²) >= 11 is 0. The van der Waals surface area contributed by atoms with E-state index in [0.717, 1.165) is 24.8 Å². The Morgan fingerprint density at radius 1 is 1.13 bits per heavy atom. The van der Waals surface area contributed by atoms with E-state index >= 15 is 0 Å². The maximum atomic E-state index is 13.0. The van der Waals surface area contributed by atoms with E-state index in [-0.39, 0.29) is 5.97 Å². The fourth-order valence-electron chi connectivity index (χ4n) is 3.34. The van der Waals surface area contributed by atoms with Crippen molar-refractivity contribution in [1.82, 2.24) is 14.8 Å². The van der Waals surface area contributed by atoms with Gasteiger partial charge >= 0.3 is 5.97 Å². The molecule has 3 rings (SSSR count). The number of ether oxygens (including phenoxy) is 3. The number of nitrogens with zero attached hydrogens (tertiary/aromatic N) is 3. The van der Waals surface area contributed by atoms with Gasteiger partial charge in [-0.25, -0.2) is 9.48 Å². The summed E-state index contributed by atoms with van der Waals surface area (Å²) in [6.45, 7) is 9.39. The number of hydrogen-bond donors (Lipinski definition) is 1. The molecule has 8 nitrogen and oxygen atoms in total. The van der Waals surface area contributed by atoms with Gasteiger partial charge in [0.05, 0.1) is 25.4 Å². The van der Waals surface area contributed by atoms with Crippen LogP contribution in [0.3, 0.4) is 0 Å². The fraction of sp³-hybridized carbons (Fsp3) is 0.500. The number of carbonyl (C=O) groups is 1. The van der Waals surface area contributed by atoms with Gasteiger partial charge in [-0.1, -0.05) is 26.3 Å². The Morgan fingerprint density at radius 3 is 2.70 bits per heavy atom. The van der Waals surface area contributed by atoms with E-state index in [2.05, 4.69) is 29.2 Å². The first-order chi connectivity index (χ1) is 14.6. The van der Waals surface area contributed by atoms with Crippen molar-refractivity contribution < 1.29 is 19.0 Å². The first-order valence-corrected chi connectivity index (χ1v) is 10.5. The van der Waals surface area contributed by atoms with Crippen molar-refractivity contribution in [3.8, 4) is 11.5 Å². The van der Waals surface area contributed by atoms with Crippen molar-refractivity contribution in [3.63, 3.8) is 0 Å². The zero-order chi connectivity index (χ0) is 21.5. The van der Waals surface area contributed by atoms with E-state index in [0.29, 0.717) is 48.5 Å². The second kappa shape index (κ2) is 10.1. The Bertz CT molecular complexity index is 906. The van der Waals surface area contributed by atoms with Gasteiger partial charge in [-0.05, 0) is 44.4 Å². The monoisotopic (exact) mass is 414 g/mol. The maximum absolute atomic E-state index is 13.0. The summed E-state index contributed by atoms with van der Waals surface area (Å²) in [7, 11) is 0. The summed E-state index contributed by atoms with van der Waals surface area (Å²) in [6.07, 6.45) is 4.15. The third kappa shape index (κ3) is 4.58. The number of carbonyl (C=O) groups excluding carboxylic acids is 1. The number of hydrogen-bond acceptors (Lipinski definition) is 7. The Hall–Kier alpha value is -3.03. The largest absolute Gasteiger partial charge is 0.490 e. The van der Waals surface area contributed by atoms with E-state index in [1.165, 1.54) is 6.33 Å². The van der Waals surface area contributed by atoms with Crippen LogP contribution in [0.15, 0.2) is 35.8 Å². The highest BCUT2D eigenvalue weighted by Crippen LogP contribution is 2.39. The van der Waals surface area contributed by atoms with Crippen LogP contribution >= 0.6 is 0 Å². The second-order valence-electron chi connectivity index (χ2n) is 7.07. The Kier molecular flexibility index (Phi) is 7.32. The number of aromatic nitrogens is 3. The van der Waals surface area contributed by atoms with Crippen LogP contribution in [0, 0.1) is 0 Å². The molecule has 0 spiro atoms. The molecular weight excluding hydrogens is 384 g/mol. The maximum Gasteiger partial charge on any atom is 0.338 e. The SMILES string of the molecule is CCCCOC(=O)C1=C(C)Nc2ncnn2C1c1ccc(OCCC)c(OCC)c1. The molecule has 0 radical (unpaired) electrons. The van der Waals surface area contributed by atoms with E-state index in [4.69, 9.17) is 14.2 Å². The molecule has 0 amide bonds. The summed E-state index contributed by atoms with van der Waals surface area (Å²) in [5, 5.41) is 7.51. The normalized spacial score (nSPS) is 15.4. The summed E-state index contributed by atoms with van der Waals surface area (Å²) in [5.74, 6) is 1.54. The minimum Gasteiger partial charge on any atom is -0.490 e. The summed E-state index contributed by atoms with van der Waals surface area (Å²) in [6, 6.07) is 5.24. The molecule has 1 N–H and O–H groups in total. The van der Waals surface area contributed by atoms with Crippen LogP contribution in [0.25, 0.3) is 0 Å². The standard InChI is InChI=1S/C22H30N4O4/c1-5-8-12-30-21(27)19-15(4)25-22-23-14-24-26(22)20(19)16-9-10-17(29-11-6-2)18(13-16)28-7-3/h9-10,13-14,20H,5-8,11-12H2,1-4H3,(H,23,24,25). The van der Waals surface area contributed by atoms with Gasteiger partial charge in [0, 0.05) is 5.70 Å². The van der Waals surface area contributed by atoms with Gasteiger partial charge in [-0.2, -0.15) is 10.1 Å². The molecule has 1 atom stereocenters. The van der Waals surface area contributed by atoms with Crippen molar-refractivity contribution in [3.05, 3.63) is 41.4 Å². The highest BCUT2D eigenvalue weighted by molar-refractivity contribution is 5.92. The Morgan fingerprint density at radius 2 is 1.97 bits per heavy atom. The third-order valence-electron chi connectivity index (χ3n) is 4.79. The number of fused-ring (bicyclic) bond motifs is 1. The smallest absolute Gasteiger partial charge is 0.338 e. The summed E-state index contributed by atoms with van der Waals surface area (Å²) in [4.78, 5) is 17.2. The van der Waals surface area contributed by atoms with Crippen LogP contribution in [-0.4, -0.2) is 40.6 Å². The molecule has 1 aliphatic rings. The van der Waals surface area contributed by atoms with Crippen LogP contribution in [-0.2, 0) is 9.53 Å². The first-order valence-electron chi connectivity index (χ1n) is 10.5. The number of allylic oxidation sites excluding steroid dienone is 1. The van der Waals surface area contributed by atoms with Crippen molar-refractivity contribution in [2.75, 3.05) is 25.1 Å². The lowest BCUT2D eigenvalue weighted by molar-refractivity contribution is -0.139. The first kappa shape index (κ1) is 21.7. The molecule has 1 unspecified atom stereocenters. The zero-order valence-electron chi connectivity index (χ0n) is 18.1. The molecule has 0 saturated heterocycles. The van der Waals surface area contributed by atoms with Crippen molar-refractivity contribution in [2.24, 2.45) is 0 Å². The summed E-state index contributed by atoms with van der Waals surface area (Å²) < 4.78 is 18.9. The molecule has 0 saturated carbocycles. The minimum atomic E-state index is -0.475. The predicted octanol–water partition coefficient (Wildman–Crippen LogP) is 4.10. The van der Waals surface area contributed by atoms with Gasteiger partial charge < -0.3 is 19.5 Å². The molecule has 0 aliphatic carbocycles. The van der Waals surface area contributed by atoms with Gasteiger partial charge in [0.15, 0.2) is 11.5 Å². The lowest BCUT2D eigenvalue weighted by atomic mass is 9.95. The Balaban J connectivity index is 2.01. The number of unbranched alkanes of at least 4 members (excludes halogenated alkanes) is 1. The molecule has 1 aromatic heterocycles. The van der Waals surface area contributed by atoms with E-state index in [1.54, 1.807) is 4.68 Å². The molecule has 0 bridgehead atoms. The third-order valence-corrected chi connectivity index (χ3v) is 4.79. The minimum absolute atomic E-state index is 0.358. The van der Waals surface area contributed by atoms with Crippen LogP contribution < -0.4 is 14.8 Å². The Labute approximate surface area is 177 Å². The quantitative estimate of drug-likeness (QED) is 0.463. The average molecular weight is 415 g/mol. The predicted molar refractivity (Wildman–Crippen MR) is 114 cm³/mol. The van der Waals surface area contributed by atoms with Crippen molar-refractivity contribution in [1.29, 1.82) is 0 Å². The number of esters is 1. The molecule has 162 valence electrons. The van der Waals surface area contributed by atoms with Crippen molar-refractivity contribution in [2.45, 2.75) is 53.0 Å². The molecular formula is C22H30N4O4. The zero-order valence-corrected chi connectivity index (χ0v) is 18.1. The number of benzene rings is 1. The van der Waals surface area contributed by atoms with Crippen LogP contribution in [0.1, 0.15) is 58.6 Å². The summed E-state index contributed by atoms with van der Waals surface area (Å²) in [5.41, 5.74) is 2.05. The van der Waals surface area contributed by atoms with Gasteiger partial charge in [0.2, 0.25) is 5.95 Å². The molecule has 30 heavy (non-hydrogen) atoms. The lowest BCUT2D eigenvalue weighted by Crippen LogP contribution is -2.29. The van der Waals surface area contributed by atoms with Crippen LogP contribution in [0.4, 0.5) is 5.95 Å². The molecule has 1 aliphatic heterocycles. The number of anilines is 1. The molecule has 2 heterocycles. The van der Waals surface area contributed by atoms with Crippen LogP contribution in [0.5, 0.6) is 11.5 Å². The van der Waals surface area contributed by atoms with Gasteiger partial charge in [0.1, 0.15) is 12.4 Å². The van der Waals surface area contributed by atoms with E-state index < -0.39 is 6.04 Å².